The molecular weight excluding hydrogens is 300 g/mol. The zero-order chi connectivity index (χ0) is 15.7. The van der Waals surface area contributed by atoms with E-state index in [1.807, 2.05) is 36.4 Å². The summed E-state index contributed by atoms with van der Waals surface area (Å²) in [7, 11) is 0. The van der Waals surface area contributed by atoms with Gasteiger partial charge in [0.25, 0.3) is 0 Å². The Morgan fingerprint density at radius 2 is 1.73 bits per heavy atom. The Balaban J connectivity index is 2.54. The summed E-state index contributed by atoms with van der Waals surface area (Å²) < 4.78 is 1.44. The van der Waals surface area contributed by atoms with Crippen molar-refractivity contribution in [1.29, 1.82) is 0 Å². The standard InChI is InChI=1S/C17H13ClN2O2/c1-11(19-22)15-16(12-7-3-2-4-8-12)20(18)14-10-6-5-9-13(14)17(15)21/h2-10,22H,1H3. The van der Waals surface area contributed by atoms with E-state index in [0.29, 0.717) is 22.2 Å². The highest BCUT2D eigenvalue weighted by molar-refractivity contribution is 6.22. The van der Waals surface area contributed by atoms with Gasteiger partial charge in [-0.25, -0.2) is 0 Å². The van der Waals surface area contributed by atoms with E-state index < -0.39 is 0 Å². The lowest BCUT2D eigenvalue weighted by Gasteiger charge is -2.15. The number of fused-ring (bicyclic) bond motifs is 1. The van der Waals surface area contributed by atoms with E-state index in [9.17, 15) is 4.79 Å². The lowest BCUT2D eigenvalue weighted by atomic mass is 10.00. The minimum absolute atomic E-state index is 0.207. The Hall–Kier alpha value is -2.59. The summed E-state index contributed by atoms with van der Waals surface area (Å²) in [5.74, 6) is 0. The maximum absolute atomic E-state index is 12.8. The number of aromatic nitrogens is 1. The molecule has 1 aromatic heterocycles. The van der Waals surface area contributed by atoms with Gasteiger partial charge in [-0.15, -0.1) is 0 Å². The van der Waals surface area contributed by atoms with E-state index in [1.165, 1.54) is 4.09 Å². The van der Waals surface area contributed by atoms with E-state index in [-0.39, 0.29) is 11.1 Å². The van der Waals surface area contributed by atoms with Crippen molar-refractivity contribution < 1.29 is 5.21 Å². The fourth-order valence-electron chi connectivity index (χ4n) is 2.54. The predicted molar refractivity (Wildman–Crippen MR) is 88.9 cm³/mol. The van der Waals surface area contributed by atoms with Gasteiger partial charge in [-0.05, 0) is 19.1 Å². The molecule has 3 aromatic rings. The summed E-state index contributed by atoms with van der Waals surface area (Å²) in [6.07, 6.45) is 0. The molecule has 0 atom stereocenters. The summed E-state index contributed by atoms with van der Waals surface area (Å²) in [5.41, 5.74) is 2.22. The number of hydrogen-bond acceptors (Lipinski definition) is 3. The minimum Gasteiger partial charge on any atom is -0.411 e. The van der Waals surface area contributed by atoms with Gasteiger partial charge in [-0.3, -0.25) is 8.88 Å². The van der Waals surface area contributed by atoms with Crippen molar-refractivity contribution in [3.8, 4) is 11.3 Å². The predicted octanol–water partition coefficient (Wildman–Crippen LogP) is 3.87. The van der Waals surface area contributed by atoms with E-state index in [4.69, 9.17) is 17.0 Å². The van der Waals surface area contributed by atoms with Crippen LogP contribution in [-0.2, 0) is 0 Å². The Labute approximate surface area is 132 Å². The second-order valence-electron chi connectivity index (χ2n) is 4.90. The first-order chi connectivity index (χ1) is 10.6. The van der Waals surface area contributed by atoms with Crippen molar-refractivity contribution in [2.75, 3.05) is 0 Å². The largest absolute Gasteiger partial charge is 0.411 e. The van der Waals surface area contributed by atoms with Crippen LogP contribution in [0, 0.1) is 0 Å². The summed E-state index contributed by atoms with van der Waals surface area (Å²) in [6.45, 7) is 1.58. The van der Waals surface area contributed by atoms with Gasteiger partial charge in [0.1, 0.15) is 0 Å². The van der Waals surface area contributed by atoms with Crippen LogP contribution in [0.1, 0.15) is 12.5 Å². The van der Waals surface area contributed by atoms with Crippen molar-refractivity contribution in [2.45, 2.75) is 6.92 Å². The molecule has 2 aromatic carbocycles. The van der Waals surface area contributed by atoms with Crippen LogP contribution in [-0.4, -0.2) is 15.0 Å². The van der Waals surface area contributed by atoms with Crippen molar-refractivity contribution >= 4 is 28.4 Å². The second kappa shape index (κ2) is 5.66. The van der Waals surface area contributed by atoms with Gasteiger partial charge in [0.05, 0.1) is 22.5 Å². The first-order valence-corrected chi connectivity index (χ1v) is 7.07. The van der Waals surface area contributed by atoms with Gasteiger partial charge in [0, 0.05) is 22.7 Å². The molecule has 0 aliphatic rings. The quantitative estimate of drug-likeness (QED) is 0.443. The topological polar surface area (TPSA) is 54.6 Å². The van der Waals surface area contributed by atoms with E-state index in [2.05, 4.69) is 5.16 Å². The zero-order valence-corrected chi connectivity index (χ0v) is 12.6. The Bertz CT molecular complexity index is 931. The van der Waals surface area contributed by atoms with Crippen LogP contribution in [0.15, 0.2) is 64.5 Å². The first kappa shape index (κ1) is 14.4. The Morgan fingerprint density at radius 3 is 2.41 bits per heavy atom. The SMILES string of the molecule is CC(=NO)c1c(-c2ccccc2)n(Cl)c2ccccc2c1=O. The average Bonchev–Trinajstić information content (AvgIpc) is 2.58. The normalized spacial score (nSPS) is 11.8. The van der Waals surface area contributed by atoms with Crippen molar-refractivity contribution in [1.82, 2.24) is 4.09 Å². The minimum atomic E-state index is -0.207. The number of hydrogen-bond donors (Lipinski definition) is 1. The van der Waals surface area contributed by atoms with E-state index in [0.717, 1.165) is 5.56 Å². The van der Waals surface area contributed by atoms with Crippen LogP contribution in [0.5, 0.6) is 0 Å². The number of halogens is 1. The molecule has 0 bridgehead atoms. The maximum atomic E-state index is 12.8. The van der Waals surface area contributed by atoms with E-state index >= 15 is 0 Å². The van der Waals surface area contributed by atoms with Gasteiger partial charge < -0.3 is 5.21 Å². The molecule has 0 fully saturated rings. The molecule has 4 nitrogen and oxygen atoms in total. The maximum Gasteiger partial charge on any atom is 0.199 e. The molecule has 0 spiro atoms. The second-order valence-corrected chi connectivity index (χ2v) is 5.24. The van der Waals surface area contributed by atoms with E-state index in [1.54, 1.807) is 25.1 Å². The monoisotopic (exact) mass is 312 g/mol. The summed E-state index contributed by atoms with van der Waals surface area (Å²) >= 11 is 6.50. The van der Waals surface area contributed by atoms with Gasteiger partial charge in [0.15, 0.2) is 5.43 Å². The molecule has 0 amide bonds. The van der Waals surface area contributed by atoms with Crippen LogP contribution in [0.25, 0.3) is 22.2 Å². The third-order valence-corrected chi connectivity index (χ3v) is 3.93. The summed E-state index contributed by atoms with van der Waals surface area (Å²) in [6, 6.07) is 16.4. The third kappa shape index (κ3) is 2.18. The Morgan fingerprint density at radius 1 is 1.09 bits per heavy atom. The fraction of sp³-hybridized carbons (Fsp3) is 0.0588. The number of benzene rings is 2. The highest BCUT2D eigenvalue weighted by Gasteiger charge is 2.19. The third-order valence-electron chi connectivity index (χ3n) is 3.58. The first-order valence-electron chi connectivity index (χ1n) is 6.73. The Kier molecular flexibility index (Phi) is 3.69. The van der Waals surface area contributed by atoms with Crippen LogP contribution >= 0.6 is 11.8 Å². The van der Waals surface area contributed by atoms with Gasteiger partial charge in [0.2, 0.25) is 0 Å². The molecule has 5 heteroatoms. The number of nitrogens with zero attached hydrogens (tertiary/aromatic N) is 2. The van der Waals surface area contributed by atoms with Gasteiger partial charge in [-0.2, -0.15) is 0 Å². The van der Waals surface area contributed by atoms with Crippen LogP contribution < -0.4 is 5.43 Å². The fourth-order valence-corrected chi connectivity index (χ4v) is 2.87. The molecule has 0 unspecified atom stereocenters. The number of para-hydroxylation sites is 1. The van der Waals surface area contributed by atoms with Crippen LogP contribution in [0.2, 0.25) is 0 Å². The van der Waals surface area contributed by atoms with Crippen LogP contribution in [0.4, 0.5) is 0 Å². The van der Waals surface area contributed by atoms with Crippen LogP contribution in [0.3, 0.4) is 0 Å². The molecule has 0 aliphatic carbocycles. The lowest BCUT2D eigenvalue weighted by Crippen LogP contribution is -2.19. The number of oxime groups is 1. The number of rotatable bonds is 2. The average molecular weight is 313 g/mol. The smallest absolute Gasteiger partial charge is 0.199 e. The number of pyridine rings is 1. The molecular formula is C17H13ClN2O2. The molecule has 1 heterocycles. The molecule has 0 saturated carbocycles. The molecule has 22 heavy (non-hydrogen) atoms. The summed E-state index contributed by atoms with van der Waals surface area (Å²) in [5, 5.41) is 12.8. The molecule has 0 radical (unpaired) electrons. The molecule has 3 rings (SSSR count). The molecule has 1 N–H and O–H groups in total. The van der Waals surface area contributed by atoms with Crippen molar-refractivity contribution in [3.05, 3.63) is 70.4 Å². The molecule has 0 saturated heterocycles. The molecule has 0 aliphatic heterocycles. The lowest BCUT2D eigenvalue weighted by molar-refractivity contribution is 0.319. The summed E-state index contributed by atoms with van der Waals surface area (Å²) in [4.78, 5) is 12.8. The van der Waals surface area contributed by atoms with Gasteiger partial charge >= 0.3 is 0 Å². The zero-order valence-electron chi connectivity index (χ0n) is 11.8. The highest BCUT2D eigenvalue weighted by Crippen LogP contribution is 2.27. The van der Waals surface area contributed by atoms with Gasteiger partial charge in [-0.1, -0.05) is 47.6 Å². The molecule has 110 valence electrons. The van der Waals surface area contributed by atoms with Crippen molar-refractivity contribution in [3.63, 3.8) is 0 Å². The van der Waals surface area contributed by atoms with Crippen molar-refractivity contribution in [2.24, 2.45) is 5.16 Å². The highest BCUT2D eigenvalue weighted by atomic mass is 35.5.